The number of rotatable bonds is 1. The minimum atomic E-state index is -1.53. The van der Waals surface area contributed by atoms with Gasteiger partial charge in [-0.3, -0.25) is 0 Å². The molecular weight excluding hydrogens is 118 g/mol. The molecule has 0 radical (unpaired) electrons. The summed E-state index contributed by atoms with van der Waals surface area (Å²) >= 11 is 0. The Balaban J connectivity index is 2.42. The molecular formula is C6H13NO2. The van der Waals surface area contributed by atoms with Crippen molar-refractivity contribution < 1.29 is 10.2 Å². The van der Waals surface area contributed by atoms with E-state index in [0.29, 0.717) is 0 Å². The van der Waals surface area contributed by atoms with Gasteiger partial charge < -0.3 is 15.5 Å². The minimum Gasteiger partial charge on any atom is -0.365 e. The molecule has 3 heteroatoms. The molecule has 0 aromatic carbocycles. The maximum absolute atomic E-state index is 9.01. The van der Waals surface area contributed by atoms with E-state index in [1.165, 1.54) is 6.92 Å². The molecule has 1 fully saturated rings. The highest BCUT2D eigenvalue weighted by atomic mass is 16.5. The summed E-state index contributed by atoms with van der Waals surface area (Å²) in [6.45, 7) is 2.32. The van der Waals surface area contributed by atoms with Crippen LogP contribution in [0.3, 0.4) is 0 Å². The predicted molar refractivity (Wildman–Crippen MR) is 33.9 cm³/mol. The third-order valence-electron chi connectivity index (χ3n) is 1.72. The third kappa shape index (κ3) is 1.64. The number of hydrogen-bond donors (Lipinski definition) is 3. The summed E-state index contributed by atoms with van der Waals surface area (Å²) in [4.78, 5) is 0. The van der Waals surface area contributed by atoms with Crippen molar-refractivity contribution in [2.75, 3.05) is 6.54 Å². The zero-order chi connectivity index (χ0) is 6.91. The molecule has 0 amide bonds. The van der Waals surface area contributed by atoms with E-state index in [4.69, 9.17) is 10.2 Å². The van der Waals surface area contributed by atoms with Gasteiger partial charge in [0.05, 0.1) is 6.04 Å². The van der Waals surface area contributed by atoms with E-state index in [-0.39, 0.29) is 6.04 Å². The molecule has 3 nitrogen and oxygen atoms in total. The molecule has 3 N–H and O–H groups in total. The molecule has 1 saturated heterocycles. The average molecular weight is 131 g/mol. The molecule has 9 heavy (non-hydrogen) atoms. The maximum Gasteiger partial charge on any atom is 0.175 e. The van der Waals surface area contributed by atoms with Gasteiger partial charge >= 0.3 is 0 Å². The van der Waals surface area contributed by atoms with Crippen LogP contribution in [0.25, 0.3) is 0 Å². The van der Waals surface area contributed by atoms with E-state index >= 15 is 0 Å². The summed E-state index contributed by atoms with van der Waals surface area (Å²) in [7, 11) is 0. The van der Waals surface area contributed by atoms with Gasteiger partial charge in [0, 0.05) is 0 Å². The molecule has 0 aromatic heterocycles. The van der Waals surface area contributed by atoms with E-state index < -0.39 is 5.79 Å². The van der Waals surface area contributed by atoms with Crippen LogP contribution in [-0.2, 0) is 0 Å². The fourth-order valence-corrected chi connectivity index (χ4v) is 1.15. The van der Waals surface area contributed by atoms with Gasteiger partial charge in [-0.2, -0.15) is 0 Å². The van der Waals surface area contributed by atoms with Crippen LogP contribution >= 0.6 is 0 Å². The van der Waals surface area contributed by atoms with E-state index in [2.05, 4.69) is 5.32 Å². The van der Waals surface area contributed by atoms with Gasteiger partial charge in [0.2, 0.25) is 0 Å². The molecule has 0 spiro atoms. The molecule has 1 atom stereocenters. The van der Waals surface area contributed by atoms with Crippen molar-refractivity contribution >= 4 is 0 Å². The highest BCUT2D eigenvalue weighted by molar-refractivity contribution is 4.82. The van der Waals surface area contributed by atoms with Gasteiger partial charge in [-0.05, 0) is 26.3 Å². The normalized spacial score (nSPS) is 29.0. The van der Waals surface area contributed by atoms with Crippen molar-refractivity contribution in [2.45, 2.75) is 31.6 Å². The predicted octanol–water partition coefficient (Wildman–Crippen LogP) is -0.561. The van der Waals surface area contributed by atoms with Gasteiger partial charge in [-0.15, -0.1) is 0 Å². The summed E-state index contributed by atoms with van der Waals surface area (Å²) in [5.41, 5.74) is 0. The Kier molecular flexibility index (Phi) is 1.75. The van der Waals surface area contributed by atoms with Gasteiger partial charge in [0.1, 0.15) is 0 Å². The number of nitrogens with one attached hydrogen (secondary N) is 1. The first kappa shape index (κ1) is 6.99. The molecule has 1 aliphatic rings. The van der Waals surface area contributed by atoms with Crippen LogP contribution in [0.2, 0.25) is 0 Å². The maximum atomic E-state index is 9.01. The lowest BCUT2D eigenvalue weighted by Crippen LogP contribution is -2.44. The summed E-state index contributed by atoms with van der Waals surface area (Å²) in [5.74, 6) is -1.53. The van der Waals surface area contributed by atoms with Crippen LogP contribution in [0.15, 0.2) is 0 Å². The van der Waals surface area contributed by atoms with E-state index in [9.17, 15) is 0 Å². The molecule has 1 heterocycles. The number of aliphatic hydroxyl groups is 2. The smallest absolute Gasteiger partial charge is 0.175 e. The van der Waals surface area contributed by atoms with Crippen molar-refractivity contribution in [3.63, 3.8) is 0 Å². The Bertz CT molecular complexity index is 91.7. The van der Waals surface area contributed by atoms with Crippen LogP contribution in [-0.4, -0.2) is 28.6 Å². The Hall–Kier alpha value is -0.120. The first-order valence-corrected chi connectivity index (χ1v) is 3.29. The zero-order valence-corrected chi connectivity index (χ0v) is 5.59. The Morgan fingerprint density at radius 1 is 1.56 bits per heavy atom. The average Bonchev–Trinajstić information content (AvgIpc) is 2.08. The van der Waals surface area contributed by atoms with E-state index in [1.54, 1.807) is 0 Å². The fraction of sp³-hybridized carbons (Fsp3) is 1.00. The summed E-state index contributed by atoms with van der Waals surface area (Å²) in [6.07, 6.45) is 1.91. The SMILES string of the molecule is CC(O)(O)[C@@H]1CCCN1. The second-order valence-electron chi connectivity index (χ2n) is 2.74. The second-order valence-corrected chi connectivity index (χ2v) is 2.74. The lowest BCUT2D eigenvalue weighted by atomic mass is 10.1. The van der Waals surface area contributed by atoms with Gasteiger partial charge in [0.25, 0.3) is 0 Å². The highest BCUT2D eigenvalue weighted by Gasteiger charge is 2.30. The summed E-state index contributed by atoms with van der Waals surface area (Å²) in [6, 6.07) is -0.127. The van der Waals surface area contributed by atoms with Crippen molar-refractivity contribution in [1.82, 2.24) is 5.32 Å². The zero-order valence-electron chi connectivity index (χ0n) is 5.59. The van der Waals surface area contributed by atoms with Crippen LogP contribution in [0.1, 0.15) is 19.8 Å². The first-order chi connectivity index (χ1) is 4.11. The van der Waals surface area contributed by atoms with Crippen molar-refractivity contribution in [3.8, 4) is 0 Å². The van der Waals surface area contributed by atoms with Gasteiger partial charge in [0.15, 0.2) is 5.79 Å². The summed E-state index contributed by atoms with van der Waals surface area (Å²) in [5, 5.41) is 21.0. The van der Waals surface area contributed by atoms with Crippen molar-refractivity contribution in [1.29, 1.82) is 0 Å². The van der Waals surface area contributed by atoms with Crippen LogP contribution < -0.4 is 5.32 Å². The molecule has 1 aliphatic heterocycles. The van der Waals surface area contributed by atoms with Crippen molar-refractivity contribution in [2.24, 2.45) is 0 Å². The molecule has 0 bridgehead atoms. The molecule has 0 saturated carbocycles. The Labute approximate surface area is 54.7 Å². The first-order valence-electron chi connectivity index (χ1n) is 3.29. The molecule has 0 aliphatic carbocycles. The number of hydrogen-bond acceptors (Lipinski definition) is 3. The topological polar surface area (TPSA) is 52.5 Å². The van der Waals surface area contributed by atoms with Gasteiger partial charge in [-0.1, -0.05) is 0 Å². The standard InChI is InChI=1S/C6H13NO2/c1-6(8,9)5-3-2-4-7-5/h5,7-9H,2-4H2,1H3/t5-/m0/s1. The largest absolute Gasteiger partial charge is 0.365 e. The van der Waals surface area contributed by atoms with Crippen LogP contribution in [0, 0.1) is 0 Å². The highest BCUT2D eigenvalue weighted by Crippen LogP contribution is 2.15. The lowest BCUT2D eigenvalue weighted by molar-refractivity contribution is -0.164. The van der Waals surface area contributed by atoms with Crippen LogP contribution in [0.4, 0.5) is 0 Å². The van der Waals surface area contributed by atoms with Crippen LogP contribution in [0.5, 0.6) is 0 Å². The fourth-order valence-electron chi connectivity index (χ4n) is 1.15. The Morgan fingerprint density at radius 3 is 2.44 bits per heavy atom. The van der Waals surface area contributed by atoms with E-state index in [0.717, 1.165) is 19.4 Å². The van der Waals surface area contributed by atoms with E-state index in [1.807, 2.05) is 0 Å². The second kappa shape index (κ2) is 2.25. The molecule has 54 valence electrons. The third-order valence-corrected chi connectivity index (χ3v) is 1.72. The Morgan fingerprint density at radius 2 is 2.22 bits per heavy atom. The van der Waals surface area contributed by atoms with Gasteiger partial charge in [-0.25, -0.2) is 0 Å². The molecule has 0 unspecified atom stereocenters. The minimum absolute atomic E-state index is 0.127. The molecule has 1 rings (SSSR count). The quantitative estimate of drug-likeness (QED) is 0.418. The van der Waals surface area contributed by atoms with Crippen molar-refractivity contribution in [3.05, 3.63) is 0 Å². The monoisotopic (exact) mass is 131 g/mol. The molecule has 0 aromatic rings. The lowest BCUT2D eigenvalue weighted by Gasteiger charge is -2.23. The summed E-state index contributed by atoms with van der Waals surface area (Å²) < 4.78 is 0.